The molecule has 2 atom stereocenters. The maximum Gasteiger partial charge on any atom is 0.181 e. The quantitative estimate of drug-likeness (QED) is 0.734. The van der Waals surface area contributed by atoms with Crippen LogP contribution < -0.4 is 11.1 Å². The lowest BCUT2D eigenvalue weighted by Gasteiger charge is -2.19. The van der Waals surface area contributed by atoms with Gasteiger partial charge in [-0.05, 0) is 17.5 Å². The summed E-state index contributed by atoms with van der Waals surface area (Å²) in [4.78, 5) is 11.1. The van der Waals surface area contributed by atoms with E-state index < -0.39 is 0 Å². The van der Waals surface area contributed by atoms with Gasteiger partial charge in [-0.1, -0.05) is 37.3 Å². The highest BCUT2D eigenvalue weighted by atomic mass is 15.3. The Bertz CT molecular complexity index is 848. The molecule has 0 radical (unpaired) electrons. The van der Waals surface area contributed by atoms with Crippen LogP contribution in [0.1, 0.15) is 12.5 Å². The molecule has 3 aromatic rings. The van der Waals surface area contributed by atoms with E-state index in [1.807, 2.05) is 12.3 Å². The number of anilines is 2. The standard InChI is InChI=1S/C19H23N7/c1-14-10-25(11-15-6-3-2-4-7-15)12-16(14)24-18-17(20)19(22-13-21-18)26-9-5-8-23-26/h2-9,13-14,16H,10-12,20H2,1H3,(H,21,22,24). The van der Waals surface area contributed by atoms with Gasteiger partial charge in [-0.25, -0.2) is 14.6 Å². The van der Waals surface area contributed by atoms with Gasteiger partial charge < -0.3 is 11.1 Å². The molecule has 0 aliphatic carbocycles. The van der Waals surface area contributed by atoms with Crippen molar-refractivity contribution in [3.8, 4) is 5.82 Å². The smallest absolute Gasteiger partial charge is 0.181 e. The largest absolute Gasteiger partial charge is 0.393 e. The summed E-state index contributed by atoms with van der Waals surface area (Å²) in [5, 5.41) is 7.72. The lowest BCUT2D eigenvalue weighted by atomic mass is 10.1. The van der Waals surface area contributed by atoms with Gasteiger partial charge >= 0.3 is 0 Å². The van der Waals surface area contributed by atoms with E-state index in [0.29, 0.717) is 29.3 Å². The van der Waals surface area contributed by atoms with Crippen molar-refractivity contribution in [1.29, 1.82) is 0 Å². The second kappa shape index (κ2) is 7.13. The molecule has 2 aromatic heterocycles. The molecule has 7 heteroatoms. The zero-order valence-corrected chi connectivity index (χ0v) is 14.8. The fraction of sp³-hybridized carbons (Fsp3) is 0.316. The van der Waals surface area contributed by atoms with Crippen molar-refractivity contribution in [2.75, 3.05) is 24.1 Å². The first-order valence-electron chi connectivity index (χ1n) is 8.84. The van der Waals surface area contributed by atoms with Crippen LogP contribution in [0.2, 0.25) is 0 Å². The molecular formula is C19H23N7. The number of rotatable bonds is 5. The molecule has 0 amide bonds. The maximum absolute atomic E-state index is 6.29. The highest BCUT2D eigenvalue weighted by Crippen LogP contribution is 2.26. The number of aromatic nitrogens is 4. The van der Waals surface area contributed by atoms with Crippen molar-refractivity contribution in [3.05, 3.63) is 60.7 Å². The number of hydrogen-bond donors (Lipinski definition) is 2. The van der Waals surface area contributed by atoms with Crippen LogP contribution in [0.4, 0.5) is 11.5 Å². The summed E-state index contributed by atoms with van der Waals surface area (Å²) in [6.45, 7) is 5.22. The minimum atomic E-state index is 0.293. The van der Waals surface area contributed by atoms with Gasteiger partial charge in [0.05, 0.1) is 0 Å². The predicted octanol–water partition coefficient (Wildman–Crippen LogP) is 2.18. The first kappa shape index (κ1) is 16.5. The lowest BCUT2D eigenvalue weighted by Crippen LogP contribution is -2.29. The molecule has 7 nitrogen and oxygen atoms in total. The minimum Gasteiger partial charge on any atom is -0.393 e. The summed E-state index contributed by atoms with van der Waals surface area (Å²) in [5.41, 5.74) is 8.15. The van der Waals surface area contributed by atoms with E-state index in [1.165, 1.54) is 11.9 Å². The summed E-state index contributed by atoms with van der Waals surface area (Å²) < 4.78 is 1.65. The second-order valence-electron chi connectivity index (χ2n) is 6.82. The summed E-state index contributed by atoms with van der Waals surface area (Å²) in [5.74, 6) is 1.77. The zero-order chi connectivity index (χ0) is 17.9. The Hall–Kier alpha value is -2.93. The molecule has 0 bridgehead atoms. The van der Waals surface area contributed by atoms with Crippen molar-refractivity contribution in [1.82, 2.24) is 24.6 Å². The Balaban J connectivity index is 1.47. The van der Waals surface area contributed by atoms with E-state index in [4.69, 9.17) is 5.73 Å². The van der Waals surface area contributed by atoms with Crippen LogP contribution in [-0.4, -0.2) is 43.8 Å². The van der Waals surface area contributed by atoms with Gasteiger partial charge in [0.1, 0.15) is 12.0 Å². The van der Waals surface area contributed by atoms with Gasteiger partial charge in [0.25, 0.3) is 0 Å². The third kappa shape index (κ3) is 3.39. The predicted molar refractivity (Wildman–Crippen MR) is 102 cm³/mol. The van der Waals surface area contributed by atoms with Crippen molar-refractivity contribution in [2.24, 2.45) is 5.92 Å². The molecule has 1 aromatic carbocycles. The van der Waals surface area contributed by atoms with Gasteiger partial charge in [-0.15, -0.1) is 0 Å². The summed E-state index contributed by atoms with van der Waals surface area (Å²) >= 11 is 0. The molecule has 3 N–H and O–H groups in total. The fourth-order valence-electron chi connectivity index (χ4n) is 3.48. The number of nitrogens with zero attached hydrogens (tertiary/aromatic N) is 5. The molecule has 1 saturated heterocycles. The van der Waals surface area contributed by atoms with Crippen molar-refractivity contribution in [2.45, 2.75) is 19.5 Å². The van der Waals surface area contributed by atoms with E-state index in [2.05, 4.69) is 62.5 Å². The molecular weight excluding hydrogens is 326 g/mol. The van der Waals surface area contributed by atoms with Crippen molar-refractivity contribution in [3.63, 3.8) is 0 Å². The van der Waals surface area contributed by atoms with Gasteiger partial charge in [-0.2, -0.15) is 5.10 Å². The Morgan fingerprint density at radius 3 is 2.77 bits per heavy atom. The normalized spacial score (nSPS) is 20.3. The molecule has 26 heavy (non-hydrogen) atoms. The fourth-order valence-corrected chi connectivity index (χ4v) is 3.48. The first-order chi connectivity index (χ1) is 12.7. The Labute approximate surface area is 152 Å². The van der Waals surface area contributed by atoms with Crippen LogP contribution in [0.3, 0.4) is 0 Å². The summed E-state index contributed by atoms with van der Waals surface area (Å²) in [6.07, 6.45) is 5.05. The van der Waals surface area contributed by atoms with Crippen LogP contribution in [0.5, 0.6) is 0 Å². The molecule has 3 heterocycles. The average molecular weight is 349 g/mol. The van der Waals surface area contributed by atoms with Crippen LogP contribution in [0.15, 0.2) is 55.1 Å². The zero-order valence-electron chi connectivity index (χ0n) is 14.8. The molecule has 2 unspecified atom stereocenters. The van der Waals surface area contributed by atoms with E-state index in [-0.39, 0.29) is 0 Å². The third-order valence-corrected chi connectivity index (χ3v) is 4.84. The van der Waals surface area contributed by atoms with E-state index >= 15 is 0 Å². The number of benzene rings is 1. The number of likely N-dealkylation sites (tertiary alicyclic amines) is 1. The molecule has 4 rings (SSSR count). The SMILES string of the molecule is CC1CN(Cc2ccccc2)CC1Nc1ncnc(-n2cccn2)c1N. The molecule has 1 fully saturated rings. The van der Waals surface area contributed by atoms with E-state index in [9.17, 15) is 0 Å². The van der Waals surface area contributed by atoms with Crippen molar-refractivity contribution >= 4 is 11.5 Å². The van der Waals surface area contributed by atoms with E-state index in [0.717, 1.165) is 19.6 Å². The minimum absolute atomic E-state index is 0.293. The first-order valence-corrected chi connectivity index (χ1v) is 8.84. The van der Waals surface area contributed by atoms with E-state index in [1.54, 1.807) is 10.9 Å². The molecule has 134 valence electrons. The Morgan fingerprint density at radius 1 is 1.15 bits per heavy atom. The second-order valence-corrected chi connectivity index (χ2v) is 6.82. The molecule has 0 saturated carbocycles. The number of hydrogen-bond acceptors (Lipinski definition) is 6. The lowest BCUT2D eigenvalue weighted by molar-refractivity contribution is 0.319. The number of nitrogens with two attached hydrogens (primary N) is 1. The number of nitrogens with one attached hydrogen (secondary N) is 1. The van der Waals surface area contributed by atoms with Gasteiger partial charge in [-0.3, -0.25) is 4.90 Å². The number of nitrogen functional groups attached to an aromatic ring is 1. The maximum atomic E-state index is 6.29. The van der Waals surface area contributed by atoms with Crippen LogP contribution >= 0.6 is 0 Å². The Morgan fingerprint density at radius 2 is 2.00 bits per heavy atom. The van der Waals surface area contributed by atoms with Crippen LogP contribution in [0.25, 0.3) is 5.82 Å². The third-order valence-electron chi connectivity index (χ3n) is 4.84. The highest BCUT2D eigenvalue weighted by molar-refractivity contribution is 5.69. The van der Waals surface area contributed by atoms with Gasteiger partial charge in [0.2, 0.25) is 0 Å². The topological polar surface area (TPSA) is 84.9 Å². The van der Waals surface area contributed by atoms with Gasteiger partial charge in [0.15, 0.2) is 11.6 Å². The van der Waals surface area contributed by atoms with Crippen molar-refractivity contribution < 1.29 is 0 Å². The summed E-state index contributed by atoms with van der Waals surface area (Å²) in [6, 6.07) is 12.7. The molecule has 1 aliphatic heterocycles. The average Bonchev–Trinajstić information content (AvgIpc) is 3.28. The highest BCUT2D eigenvalue weighted by Gasteiger charge is 2.30. The summed E-state index contributed by atoms with van der Waals surface area (Å²) in [7, 11) is 0. The monoisotopic (exact) mass is 349 g/mol. The van der Waals surface area contributed by atoms with Crippen LogP contribution in [0, 0.1) is 5.92 Å². The molecule has 1 aliphatic rings. The Kier molecular flexibility index (Phi) is 4.53. The van der Waals surface area contributed by atoms with Gasteiger partial charge in [0, 0.05) is 38.1 Å². The molecule has 0 spiro atoms. The van der Waals surface area contributed by atoms with Crippen LogP contribution in [-0.2, 0) is 6.54 Å².